The molecule has 46 heavy (non-hydrogen) atoms. The lowest BCUT2D eigenvalue weighted by Gasteiger charge is -2.43. The molecule has 3 heterocycles. The van der Waals surface area contributed by atoms with E-state index in [1.807, 2.05) is 6.92 Å². The van der Waals surface area contributed by atoms with E-state index in [4.69, 9.17) is 28.4 Å². The van der Waals surface area contributed by atoms with Crippen LogP contribution in [0.3, 0.4) is 0 Å². The van der Waals surface area contributed by atoms with Crippen molar-refractivity contribution in [2.75, 3.05) is 34.0 Å². The molecule has 2 aliphatic carbocycles. The molecule has 3 fully saturated rings. The highest BCUT2D eigenvalue weighted by Crippen LogP contribution is 2.53. The smallest absolute Gasteiger partial charge is 0.202 e. The largest absolute Gasteiger partial charge is 0.507 e. The first-order valence-corrected chi connectivity index (χ1v) is 15.1. The van der Waals surface area contributed by atoms with Crippen LogP contribution in [0.1, 0.15) is 68.8 Å². The van der Waals surface area contributed by atoms with Crippen LogP contribution in [0.25, 0.3) is 0 Å². The fourth-order valence-corrected chi connectivity index (χ4v) is 7.69. The van der Waals surface area contributed by atoms with Crippen molar-refractivity contribution in [3.8, 4) is 17.2 Å². The van der Waals surface area contributed by atoms with E-state index in [0.717, 1.165) is 0 Å². The van der Waals surface area contributed by atoms with Crippen molar-refractivity contribution >= 4 is 17.3 Å². The molecule has 0 saturated carbocycles. The zero-order chi connectivity index (χ0) is 32.7. The summed E-state index contributed by atoms with van der Waals surface area (Å²) in [5.74, 6) is -3.61. The number of Topliss-reactive ketones (excluding diaryl/α,β-unsaturated/α-hetero) is 1. The van der Waals surface area contributed by atoms with E-state index in [2.05, 4.69) is 4.90 Å². The van der Waals surface area contributed by atoms with Crippen LogP contribution < -0.4 is 4.74 Å². The van der Waals surface area contributed by atoms with Gasteiger partial charge >= 0.3 is 0 Å². The average Bonchev–Trinajstić information content (AvgIpc) is 3.43. The van der Waals surface area contributed by atoms with Gasteiger partial charge in [-0.15, -0.1) is 0 Å². The number of aromatic hydroxyl groups is 2. The normalized spacial score (nSPS) is 33.5. The number of fused-ring (bicyclic) bond motifs is 6. The molecule has 2 unspecified atom stereocenters. The molecule has 0 radical (unpaired) electrons. The number of nitrogens with zero attached hydrogens (tertiary/aromatic N) is 1. The lowest BCUT2D eigenvalue weighted by Crippen LogP contribution is -2.55. The monoisotopic (exact) mass is 641 g/mol. The number of hydrogen-bond donors (Lipinski definition) is 4. The van der Waals surface area contributed by atoms with Crippen molar-refractivity contribution in [2.45, 2.75) is 74.9 Å². The number of benzene rings is 2. The fraction of sp³-hybridized carbons (Fsp3) is 0.531. The number of aliphatic hydroxyl groups excluding tert-OH is 1. The van der Waals surface area contributed by atoms with Crippen molar-refractivity contribution < 1.29 is 63.2 Å². The Labute approximate surface area is 263 Å². The van der Waals surface area contributed by atoms with Gasteiger partial charge in [-0.05, 0) is 13.0 Å². The summed E-state index contributed by atoms with van der Waals surface area (Å²) in [5.41, 5.74) is -3.43. The van der Waals surface area contributed by atoms with Crippen molar-refractivity contribution in [1.29, 1.82) is 0 Å². The summed E-state index contributed by atoms with van der Waals surface area (Å²) >= 11 is 0. The Morgan fingerprint density at radius 3 is 2.57 bits per heavy atom. The molecule has 2 aromatic rings. The minimum Gasteiger partial charge on any atom is -0.507 e. The van der Waals surface area contributed by atoms with E-state index < -0.39 is 96.0 Å². The number of ether oxygens (including phenoxy) is 6. The first-order valence-electron chi connectivity index (χ1n) is 15.1. The Bertz CT molecular complexity index is 1630. The van der Waals surface area contributed by atoms with Gasteiger partial charge in [0, 0.05) is 55.6 Å². The topological polar surface area (TPSA) is 191 Å². The van der Waals surface area contributed by atoms with Gasteiger partial charge in [-0.1, -0.05) is 12.1 Å². The number of carbonyl (C=O) groups is 3. The molecule has 246 valence electrons. The fourth-order valence-electron chi connectivity index (χ4n) is 7.69. The number of carbonyl (C=O) groups excluding carboxylic acids is 3. The van der Waals surface area contributed by atoms with Crippen molar-refractivity contribution in [1.82, 2.24) is 4.90 Å². The van der Waals surface area contributed by atoms with Gasteiger partial charge in [-0.25, -0.2) is 0 Å². The van der Waals surface area contributed by atoms with Crippen LogP contribution in [0.15, 0.2) is 18.2 Å². The second-order valence-corrected chi connectivity index (χ2v) is 12.3. The summed E-state index contributed by atoms with van der Waals surface area (Å²) in [6.45, 7) is 1.82. The van der Waals surface area contributed by atoms with Gasteiger partial charge in [-0.2, -0.15) is 0 Å². The van der Waals surface area contributed by atoms with Crippen LogP contribution in [-0.2, 0) is 34.9 Å². The Morgan fingerprint density at radius 2 is 1.85 bits per heavy atom. The molecule has 2 aromatic carbocycles. The van der Waals surface area contributed by atoms with Crippen LogP contribution in [0.4, 0.5) is 0 Å². The second kappa shape index (κ2) is 11.3. The summed E-state index contributed by atoms with van der Waals surface area (Å²) in [6.07, 6.45) is -4.79. The van der Waals surface area contributed by atoms with Crippen LogP contribution >= 0.6 is 0 Å². The molecule has 8 atom stereocenters. The third-order valence-corrected chi connectivity index (χ3v) is 9.84. The van der Waals surface area contributed by atoms with E-state index in [0.29, 0.717) is 19.6 Å². The summed E-state index contributed by atoms with van der Waals surface area (Å²) in [4.78, 5) is 42.6. The first-order chi connectivity index (χ1) is 22.0. The Kier molecular flexibility index (Phi) is 7.68. The summed E-state index contributed by atoms with van der Waals surface area (Å²) in [5, 5.41) is 44.5. The highest BCUT2D eigenvalue weighted by Gasteiger charge is 2.55. The van der Waals surface area contributed by atoms with E-state index in [1.165, 1.54) is 32.4 Å². The summed E-state index contributed by atoms with van der Waals surface area (Å²) in [7, 11) is 2.88. The van der Waals surface area contributed by atoms with E-state index in [-0.39, 0.29) is 40.1 Å². The molecule has 0 spiro atoms. The highest BCUT2D eigenvalue weighted by atomic mass is 16.7. The molecule has 3 aliphatic heterocycles. The maximum absolute atomic E-state index is 13.9. The van der Waals surface area contributed by atoms with Gasteiger partial charge in [0.25, 0.3) is 0 Å². The third kappa shape index (κ3) is 4.51. The zero-order valence-corrected chi connectivity index (χ0v) is 25.4. The summed E-state index contributed by atoms with van der Waals surface area (Å²) in [6, 6.07) is 4.26. The molecule has 0 aromatic heterocycles. The molecular weight excluding hydrogens is 606 g/mol. The highest BCUT2D eigenvalue weighted by molar-refractivity contribution is 6.31. The third-order valence-electron chi connectivity index (χ3n) is 9.84. The average molecular weight is 642 g/mol. The molecule has 14 heteroatoms. The van der Waals surface area contributed by atoms with E-state index in [9.17, 15) is 34.8 Å². The minimum atomic E-state index is -2.23. The Morgan fingerprint density at radius 1 is 1.09 bits per heavy atom. The molecule has 0 bridgehead atoms. The van der Waals surface area contributed by atoms with Crippen LogP contribution in [0, 0.1) is 0 Å². The van der Waals surface area contributed by atoms with Gasteiger partial charge in [0.15, 0.2) is 30.4 Å². The van der Waals surface area contributed by atoms with Crippen LogP contribution in [-0.4, -0.2) is 119 Å². The molecule has 4 N–H and O–H groups in total. The number of hydrogen-bond acceptors (Lipinski definition) is 14. The maximum Gasteiger partial charge on any atom is 0.202 e. The van der Waals surface area contributed by atoms with Crippen LogP contribution in [0.5, 0.6) is 17.2 Å². The number of phenols is 2. The number of methoxy groups -OCH3 is 2. The lowest BCUT2D eigenvalue weighted by molar-refractivity contribution is -0.256. The van der Waals surface area contributed by atoms with Gasteiger partial charge in [0.1, 0.15) is 35.6 Å². The van der Waals surface area contributed by atoms with Gasteiger partial charge in [0.2, 0.25) is 5.78 Å². The number of ketones is 3. The number of aliphatic hydroxyl groups is 2. The number of morpholine rings is 1. The van der Waals surface area contributed by atoms with Gasteiger partial charge in [-0.3, -0.25) is 19.3 Å². The van der Waals surface area contributed by atoms with Crippen molar-refractivity contribution in [3.63, 3.8) is 0 Å². The Hall–Kier alpha value is -3.47. The standard InChI is InChI=1S/C32H35NO13/c1-13-29-16(33-7-8-43-31(42-3)30(33)46-29)9-20(44-13)45-18-11-32(40,19(35)12-34)10-15-22(18)28(39)24-23(26(15)37)25(36)14-5-4-6-17(41-2)21(14)27(24)38/h4-6,13,16,18,20,29-31,34,37,39-40H,7-12H2,1-3H3/t13-,16-,18-,20?,29+,30+,31?,32-/m0/s1. The lowest BCUT2D eigenvalue weighted by atomic mass is 9.72. The van der Waals surface area contributed by atoms with Crippen molar-refractivity contribution in [3.05, 3.63) is 51.6 Å². The molecule has 14 nitrogen and oxygen atoms in total. The quantitative estimate of drug-likeness (QED) is 0.275. The predicted octanol–water partition coefficient (Wildman–Crippen LogP) is 0.711. The second-order valence-electron chi connectivity index (χ2n) is 12.3. The molecule has 3 saturated heterocycles. The van der Waals surface area contributed by atoms with Gasteiger partial charge in [0.05, 0.1) is 42.6 Å². The number of phenolic OH excluding ortho intramolecular Hbond substituents is 2. The van der Waals surface area contributed by atoms with E-state index >= 15 is 0 Å². The predicted molar refractivity (Wildman–Crippen MR) is 154 cm³/mol. The first kappa shape index (κ1) is 31.1. The van der Waals surface area contributed by atoms with E-state index in [1.54, 1.807) is 0 Å². The van der Waals surface area contributed by atoms with Crippen molar-refractivity contribution in [2.24, 2.45) is 0 Å². The van der Waals surface area contributed by atoms with Crippen LogP contribution in [0.2, 0.25) is 0 Å². The minimum absolute atomic E-state index is 0.0353. The molecule has 0 amide bonds. The number of rotatable bonds is 6. The zero-order valence-electron chi connectivity index (χ0n) is 25.4. The molecule has 7 rings (SSSR count). The molecular formula is C32H35NO13. The van der Waals surface area contributed by atoms with Gasteiger partial charge < -0.3 is 48.8 Å². The molecule has 5 aliphatic rings. The maximum atomic E-state index is 13.9. The Balaban J connectivity index is 1.30. The summed E-state index contributed by atoms with van der Waals surface area (Å²) < 4.78 is 35.3. The SMILES string of the molecule is COc1cccc2c1C(=O)c1c(O)c3c(c(O)c1C2=O)C[C@@](O)(C(=O)CO)C[C@@H]3OC1C[C@H]2[C@H](O[C@@H]3C(OC)OCCN32)[C@H](C)O1.